The minimum atomic E-state index is -0.956. The van der Waals surface area contributed by atoms with Crippen molar-refractivity contribution >= 4 is 11.9 Å². The first-order valence-corrected chi connectivity index (χ1v) is 8.28. The molecular formula is C18H23NO6. The number of likely N-dealkylation sites (tertiary alicyclic amines) is 1. The molecule has 4 atom stereocenters. The maximum atomic E-state index is 12.9. The van der Waals surface area contributed by atoms with Crippen molar-refractivity contribution in [1.82, 2.24) is 4.90 Å². The van der Waals surface area contributed by atoms with Gasteiger partial charge < -0.3 is 24.2 Å². The average molecular weight is 349 g/mol. The molecule has 2 unspecified atom stereocenters. The van der Waals surface area contributed by atoms with Crippen molar-refractivity contribution in [2.75, 3.05) is 13.7 Å². The fourth-order valence-corrected chi connectivity index (χ4v) is 3.40. The molecule has 0 spiro atoms. The van der Waals surface area contributed by atoms with E-state index < -0.39 is 36.1 Å². The number of nitrogens with zero attached hydrogens (tertiary/aromatic N) is 1. The topological polar surface area (TPSA) is 85.3 Å². The highest BCUT2D eigenvalue weighted by atomic mass is 16.8. The van der Waals surface area contributed by atoms with E-state index in [0.717, 1.165) is 5.56 Å². The number of amides is 1. The largest absolute Gasteiger partial charge is 0.467 e. The number of hydrogen-bond donors (Lipinski definition) is 1. The Morgan fingerprint density at radius 1 is 1.36 bits per heavy atom. The Labute approximate surface area is 146 Å². The van der Waals surface area contributed by atoms with Crippen LogP contribution >= 0.6 is 0 Å². The normalized spacial score (nSPS) is 29.2. The molecule has 0 aromatic heterocycles. The van der Waals surface area contributed by atoms with Gasteiger partial charge in [0.15, 0.2) is 11.9 Å². The van der Waals surface area contributed by atoms with E-state index in [0.29, 0.717) is 6.42 Å². The monoisotopic (exact) mass is 349 g/mol. The highest BCUT2D eigenvalue weighted by Gasteiger charge is 2.54. The number of hydrogen-bond acceptors (Lipinski definition) is 6. The number of ether oxygens (including phenoxy) is 3. The number of aliphatic hydroxyl groups is 1. The first-order chi connectivity index (χ1) is 11.8. The molecule has 2 fully saturated rings. The molecule has 0 bridgehead atoms. The fourth-order valence-electron chi connectivity index (χ4n) is 3.40. The maximum absolute atomic E-state index is 12.9. The minimum absolute atomic E-state index is 0.00790. The van der Waals surface area contributed by atoms with Crippen LogP contribution in [0.15, 0.2) is 30.3 Å². The third kappa shape index (κ3) is 3.53. The zero-order valence-electron chi connectivity index (χ0n) is 14.5. The quantitative estimate of drug-likeness (QED) is 0.797. The highest BCUT2D eigenvalue weighted by Crippen LogP contribution is 2.35. The van der Waals surface area contributed by atoms with E-state index in [1.807, 2.05) is 30.3 Å². The number of β-amino-alcohol motifs (C(OH)–C–C–N with tert-alkyl or cyclic N) is 1. The van der Waals surface area contributed by atoms with Crippen LogP contribution in [0.5, 0.6) is 0 Å². The zero-order chi connectivity index (χ0) is 18.2. The predicted octanol–water partition coefficient (Wildman–Crippen LogP) is 0.494. The van der Waals surface area contributed by atoms with Crippen LogP contribution in [-0.4, -0.2) is 65.7 Å². The van der Waals surface area contributed by atoms with Crippen molar-refractivity contribution in [3.8, 4) is 0 Å². The van der Waals surface area contributed by atoms with Gasteiger partial charge in [0, 0.05) is 6.42 Å². The van der Waals surface area contributed by atoms with Gasteiger partial charge in [-0.2, -0.15) is 0 Å². The molecule has 0 radical (unpaired) electrons. The lowest BCUT2D eigenvalue weighted by Gasteiger charge is -2.39. The van der Waals surface area contributed by atoms with Crippen LogP contribution in [0.4, 0.5) is 0 Å². The summed E-state index contributed by atoms with van der Waals surface area (Å²) in [7, 11) is 1.28. The van der Waals surface area contributed by atoms with Crippen LogP contribution < -0.4 is 0 Å². The number of carbonyl (C=O) groups excluding carboxylic acids is 2. The summed E-state index contributed by atoms with van der Waals surface area (Å²) in [6.07, 6.45) is -2.30. The van der Waals surface area contributed by atoms with Gasteiger partial charge in [-0.25, -0.2) is 4.79 Å². The zero-order valence-corrected chi connectivity index (χ0v) is 14.5. The van der Waals surface area contributed by atoms with Crippen molar-refractivity contribution in [3.63, 3.8) is 0 Å². The van der Waals surface area contributed by atoms with Crippen molar-refractivity contribution in [2.45, 2.75) is 50.4 Å². The van der Waals surface area contributed by atoms with Gasteiger partial charge in [0.1, 0.15) is 18.2 Å². The summed E-state index contributed by atoms with van der Waals surface area (Å²) in [5, 5.41) is 10.4. The number of esters is 1. The van der Waals surface area contributed by atoms with E-state index in [2.05, 4.69) is 0 Å². The van der Waals surface area contributed by atoms with Crippen molar-refractivity contribution in [2.24, 2.45) is 0 Å². The minimum Gasteiger partial charge on any atom is -0.467 e. The van der Waals surface area contributed by atoms with E-state index in [9.17, 15) is 14.7 Å². The first-order valence-electron chi connectivity index (χ1n) is 8.28. The Balaban J connectivity index is 1.85. The van der Waals surface area contributed by atoms with Gasteiger partial charge in [0.25, 0.3) is 5.91 Å². The molecule has 7 heteroatoms. The first kappa shape index (κ1) is 17.8. The SMILES string of the molecule is COC(=O)C(Cc1ccccc1)N1C[C@@H](O)[C@H]2OC(C)(C)OC2C1=O. The molecule has 2 saturated heterocycles. The molecule has 3 rings (SSSR count). The van der Waals surface area contributed by atoms with Gasteiger partial charge in [-0.1, -0.05) is 30.3 Å². The molecule has 7 nitrogen and oxygen atoms in total. The van der Waals surface area contributed by atoms with Gasteiger partial charge >= 0.3 is 5.97 Å². The third-order valence-corrected chi connectivity index (χ3v) is 4.54. The molecule has 136 valence electrons. The molecule has 2 heterocycles. The van der Waals surface area contributed by atoms with Crippen LogP contribution in [0.2, 0.25) is 0 Å². The highest BCUT2D eigenvalue weighted by molar-refractivity contribution is 5.88. The number of benzene rings is 1. The molecule has 25 heavy (non-hydrogen) atoms. The lowest BCUT2D eigenvalue weighted by atomic mass is 9.96. The smallest absolute Gasteiger partial charge is 0.328 e. The Morgan fingerprint density at radius 2 is 2.04 bits per heavy atom. The van der Waals surface area contributed by atoms with Crippen molar-refractivity contribution < 1.29 is 28.9 Å². The van der Waals surface area contributed by atoms with Gasteiger partial charge in [-0.3, -0.25) is 4.79 Å². The van der Waals surface area contributed by atoms with Crippen LogP contribution in [-0.2, 0) is 30.2 Å². The number of aliphatic hydroxyl groups excluding tert-OH is 1. The van der Waals surface area contributed by atoms with Crippen LogP contribution in [0.25, 0.3) is 0 Å². The van der Waals surface area contributed by atoms with Crippen molar-refractivity contribution in [3.05, 3.63) is 35.9 Å². The summed E-state index contributed by atoms with van der Waals surface area (Å²) in [4.78, 5) is 26.6. The van der Waals surface area contributed by atoms with E-state index in [1.54, 1.807) is 13.8 Å². The van der Waals surface area contributed by atoms with Crippen LogP contribution in [0.1, 0.15) is 19.4 Å². The second-order valence-corrected chi connectivity index (χ2v) is 6.81. The van der Waals surface area contributed by atoms with E-state index in [4.69, 9.17) is 14.2 Å². The number of rotatable bonds is 4. The number of piperidine rings is 1. The number of fused-ring (bicyclic) bond motifs is 1. The predicted molar refractivity (Wildman–Crippen MR) is 87.5 cm³/mol. The van der Waals surface area contributed by atoms with E-state index in [-0.39, 0.29) is 12.5 Å². The van der Waals surface area contributed by atoms with Crippen molar-refractivity contribution in [1.29, 1.82) is 0 Å². The van der Waals surface area contributed by atoms with Gasteiger partial charge in [-0.05, 0) is 19.4 Å². The standard InChI is InChI=1S/C18H23NO6/c1-18(2)24-14-13(20)10-19(16(21)15(14)25-18)12(17(22)23-3)9-11-7-5-4-6-8-11/h4-8,12-15,20H,9-10H2,1-3H3/t12?,13-,14-,15?/m1/s1. The summed E-state index contributed by atoms with van der Waals surface area (Å²) in [6, 6.07) is 8.53. The molecule has 1 aromatic carbocycles. The molecular weight excluding hydrogens is 326 g/mol. The molecule has 1 aromatic rings. The Morgan fingerprint density at radius 3 is 2.68 bits per heavy atom. The summed E-state index contributed by atoms with van der Waals surface area (Å²) in [6.45, 7) is 3.38. The number of methoxy groups -OCH3 is 1. The van der Waals surface area contributed by atoms with Crippen LogP contribution in [0.3, 0.4) is 0 Å². The van der Waals surface area contributed by atoms with E-state index >= 15 is 0 Å². The maximum Gasteiger partial charge on any atom is 0.328 e. The second kappa shape index (κ2) is 6.74. The van der Waals surface area contributed by atoms with Gasteiger partial charge in [-0.15, -0.1) is 0 Å². The van der Waals surface area contributed by atoms with Crippen LogP contribution in [0, 0.1) is 0 Å². The van der Waals surface area contributed by atoms with E-state index in [1.165, 1.54) is 12.0 Å². The van der Waals surface area contributed by atoms with Gasteiger partial charge in [0.2, 0.25) is 0 Å². The summed E-state index contributed by atoms with van der Waals surface area (Å²) < 4.78 is 16.2. The number of carbonyl (C=O) groups is 2. The summed E-state index contributed by atoms with van der Waals surface area (Å²) >= 11 is 0. The Kier molecular flexibility index (Phi) is 4.81. The summed E-state index contributed by atoms with van der Waals surface area (Å²) in [5.74, 6) is -1.85. The lowest BCUT2D eigenvalue weighted by molar-refractivity contribution is -0.166. The third-order valence-electron chi connectivity index (χ3n) is 4.54. The average Bonchev–Trinajstić information content (AvgIpc) is 2.93. The molecule has 1 N–H and O–H groups in total. The molecule has 0 aliphatic carbocycles. The molecule has 2 aliphatic heterocycles. The molecule has 2 aliphatic rings. The Hall–Kier alpha value is -1.96. The second-order valence-electron chi connectivity index (χ2n) is 6.81. The summed E-state index contributed by atoms with van der Waals surface area (Å²) in [5.41, 5.74) is 0.895. The fraction of sp³-hybridized carbons (Fsp3) is 0.556. The van der Waals surface area contributed by atoms with Gasteiger partial charge in [0.05, 0.1) is 13.7 Å². The lowest BCUT2D eigenvalue weighted by Crippen LogP contribution is -2.62. The Bertz CT molecular complexity index is 646. The molecule has 0 saturated carbocycles. The molecule has 1 amide bonds.